The van der Waals surface area contributed by atoms with Crippen LogP contribution in [0.5, 0.6) is 0 Å². The van der Waals surface area contributed by atoms with Gasteiger partial charge < -0.3 is 9.80 Å². The zero-order valence-electron chi connectivity index (χ0n) is 16.8. The highest BCUT2D eigenvalue weighted by molar-refractivity contribution is 8.00. The van der Waals surface area contributed by atoms with Crippen LogP contribution in [0.1, 0.15) is 30.4 Å². The third kappa shape index (κ3) is 4.81. The molecule has 4 rings (SSSR count). The van der Waals surface area contributed by atoms with Crippen molar-refractivity contribution in [3.05, 3.63) is 59.9 Å². The number of pyridine rings is 1. The summed E-state index contributed by atoms with van der Waals surface area (Å²) in [4.78, 5) is 34.6. The fraction of sp³-hybridized carbons (Fsp3) is 0.435. The van der Waals surface area contributed by atoms with E-state index < -0.39 is 0 Å². The Morgan fingerprint density at radius 3 is 2.69 bits per heavy atom. The van der Waals surface area contributed by atoms with Gasteiger partial charge in [-0.2, -0.15) is 0 Å². The molecule has 2 aromatic rings. The van der Waals surface area contributed by atoms with Gasteiger partial charge in [0, 0.05) is 55.1 Å². The van der Waals surface area contributed by atoms with Crippen molar-refractivity contribution in [2.45, 2.75) is 42.9 Å². The first-order valence-corrected chi connectivity index (χ1v) is 11.2. The van der Waals surface area contributed by atoms with Gasteiger partial charge in [0.05, 0.1) is 5.92 Å². The maximum absolute atomic E-state index is 13.0. The van der Waals surface area contributed by atoms with Crippen LogP contribution in [0.15, 0.2) is 53.7 Å². The minimum absolute atomic E-state index is 0.0668. The zero-order valence-corrected chi connectivity index (χ0v) is 17.6. The van der Waals surface area contributed by atoms with Gasteiger partial charge in [-0.05, 0) is 43.0 Å². The molecule has 1 aromatic carbocycles. The summed E-state index contributed by atoms with van der Waals surface area (Å²) in [6.45, 7) is 4.77. The van der Waals surface area contributed by atoms with Crippen LogP contribution in [0.2, 0.25) is 0 Å². The fourth-order valence-corrected chi connectivity index (χ4v) is 5.34. The molecular weight excluding hydrogens is 382 g/mol. The quantitative estimate of drug-likeness (QED) is 0.758. The molecule has 29 heavy (non-hydrogen) atoms. The van der Waals surface area contributed by atoms with Gasteiger partial charge in [0.1, 0.15) is 0 Å². The van der Waals surface area contributed by atoms with Crippen molar-refractivity contribution in [3.63, 3.8) is 0 Å². The van der Waals surface area contributed by atoms with Crippen molar-refractivity contribution >= 4 is 23.6 Å². The highest BCUT2D eigenvalue weighted by Gasteiger charge is 2.37. The number of nitrogens with zero attached hydrogens (tertiary/aromatic N) is 3. The van der Waals surface area contributed by atoms with E-state index in [4.69, 9.17) is 0 Å². The average molecular weight is 410 g/mol. The Morgan fingerprint density at radius 2 is 1.97 bits per heavy atom. The van der Waals surface area contributed by atoms with E-state index in [9.17, 15) is 9.59 Å². The SMILES string of the molecule is Cc1ccccc1SC1CCN(C(=O)C2CC(=O)N(Cc3cccnc3)C2)CC1. The van der Waals surface area contributed by atoms with E-state index >= 15 is 0 Å². The highest BCUT2D eigenvalue weighted by atomic mass is 32.2. The molecule has 1 unspecified atom stereocenters. The minimum Gasteiger partial charge on any atom is -0.342 e. The van der Waals surface area contributed by atoms with Gasteiger partial charge >= 0.3 is 0 Å². The standard InChI is InChI=1S/C23H27N3O2S/c1-17-5-2-3-7-21(17)29-20-8-11-25(12-9-20)23(28)19-13-22(27)26(16-19)15-18-6-4-10-24-14-18/h2-7,10,14,19-20H,8-9,11-13,15-16H2,1H3. The van der Waals surface area contributed by atoms with E-state index in [0.717, 1.165) is 31.5 Å². The molecule has 152 valence electrons. The second-order valence-electron chi connectivity index (χ2n) is 7.94. The molecule has 2 amide bonds. The number of aryl methyl sites for hydroxylation is 1. The maximum atomic E-state index is 13.0. The number of likely N-dealkylation sites (tertiary alicyclic amines) is 2. The first-order chi connectivity index (χ1) is 14.1. The smallest absolute Gasteiger partial charge is 0.227 e. The van der Waals surface area contributed by atoms with Crippen molar-refractivity contribution < 1.29 is 9.59 Å². The van der Waals surface area contributed by atoms with Gasteiger partial charge in [0.15, 0.2) is 0 Å². The maximum Gasteiger partial charge on any atom is 0.227 e. The molecule has 3 heterocycles. The number of benzene rings is 1. The van der Waals surface area contributed by atoms with Gasteiger partial charge in [-0.25, -0.2) is 0 Å². The molecular formula is C23H27N3O2S. The zero-order chi connectivity index (χ0) is 20.2. The van der Waals surface area contributed by atoms with Gasteiger partial charge in [0.2, 0.25) is 11.8 Å². The number of thioether (sulfide) groups is 1. The lowest BCUT2D eigenvalue weighted by Gasteiger charge is -2.33. The van der Waals surface area contributed by atoms with E-state index in [-0.39, 0.29) is 17.7 Å². The van der Waals surface area contributed by atoms with Crippen molar-refractivity contribution in [2.75, 3.05) is 19.6 Å². The van der Waals surface area contributed by atoms with Crippen LogP contribution in [0.4, 0.5) is 0 Å². The number of hydrogen-bond acceptors (Lipinski definition) is 4. The summed E-state index contributed by atoms with van der Waals surface area (Å²) >= 11 is 1.93. The first-order valence-electron chi connectivity index (χ1n) is 10.3. The van der Waals surface area contributed by atoms with Crippen LogP contribution < -0.4 is 0 Å². The largest absolute Gasteiger partial charge is 0.342 e. The van der Waals surface area contributed by atoms with Gasteiger partial charge in [-0.3, -0.25) is 14.6 Å². The normalized spacial score (nSPS) is 20.3. The molecule has 0 spiro atoms. The predicted molar refractivity (Wildman–Crippen MR) is 114 cm³/mol. The third-order valence-corrected chi connectivity index (χ3v) is 7.32. The van der Waals surface area contributed by atoms with Crippen LogP contribution in [-0.2, 0) is 16.1 Å². The Kier molecular flexibility index (Phi) is 6.19. The van der Waals surface area contributed by atoms with E-state index in [2.05, 4.69) is 36.2 Å². The van der Waals surface area contributed by atoms with Crippen LogP contribution >= 0.6 is 11.8 Å². The Bertz CT molecular complexity index is 865. The molecule has 0 bridgehead atoms. The number of rotatable bonds is 5. The van der Waals surface area contributed by atoms with Gasteiger partial charge in [0.25, 0.3) is 0 Å². The monoisotopic (exact) mass is 409 g/mol. The van der Waals surface area contributed by atoms with Crippen LogP contribution in [-0.4, -0.2) is 51.5 Å². The summed E-state index contributed by atoms with van der Waals surface area (Å²) in [5.74, 6) is 0.00307. The van der Waals surface area contributed by atoms with Crippen LogP contribution in [0.25, 0.3) is 0 Å². The average Bonchev–Trinajstić information content (AvgIpc) is 3.11. The molecule has 2 aliphatic heterocycles. The minimum atomic E-state index is -0.209. The molecule has 1 atom stereocenters. The Balaban J connectivity index is 1.28. The molecule has 2 saturated heterocycles. The first kappa shape index (κ1) is 20.0. The summed E-state index contributed by atoms with van der Waals surface area (Å²) in [5, 5.41) is 0.549. The molecule has 1 aromatic heterocycles. The van der Waals surface area contributed by atoms with Crippen molar-refractivity contribution in [2.24, 2.45) is 5.92 Å². The van der Waals surface area contributed by atoms with Crippen molar-refractivity contribution in [3.8, 4) is 0 Å². The fourth-order valence-electron chi connectivity index (χ4n) is 4.12. The number of hydrogen-bond donors (Lipinski definition) is 0. The second kappa shape index (κ2) is 8.99. The van der Waals surface area contributed by atoms with Crippen molar-refractivity contribution in [1.29, 1.82) is 0 Å². The number of carbonyl (C=O) groups excluding carboxylic acids is 2. The Hall–Kier alpha value is -2.34. The van der Waals surface area contributed by atoms with E-state index in [1.165, 1.54) is 10.5 Å². The van der Waals surface area contributed by atoms with Gasteiger partial charge in [-0.15, -0.1) is 11.8 Å². The van der Waals surface area contributed by atoms with Gasteiger partial charge in [-0.1, -0.05) is 24.3 Å². The lowest BCUT2D eigenvalue weighted by Crippen LogP contribution is -2.43. The van der Waals surface area contributed by atoms with Crippen LogP contribution in [0.3, 0.4) is 0 Å². The number of aromatic nitrogens is 1. The molecule has 0 saturated carbocycles. The summed E-state index contributed by atoms with van der Waals surface area (Å²) in [5.41, 5.74) is 2.32. The molecule has 0 aliphatic carbocycles. The summed E-state index contributed by atoms with van der Waals surface area (Å²) in [6.07, 6.45) is 5.84. The second-order valence-corrected chi connectivity index (χ2v) is 9.29. The topological polar surface area (TPSA) is 53.5 Å². The lowest BCUT2D eigenvalue weighted by atomic mass is 10.0. The summed E-state index contributed by atoms with van der Waals surface area (Å²) in [6, 6.07) is 12.3. The van der Waals surface area contributed by atoms with E-state index in [1.807, 2.05) is 28.8 Å². The van der Waals surface area contributed by atoms with Crippen molar-refractivity contribution in [1.82, 2.24) is 14.8 Å². The van der Waals surface area contributed by atoms with E-state index in [1.54, 1.807) is 17.3 Å². The number of piperidine rings is 1. The summed E-state index contributed by atoms with van der Waals surface area (Å²) in [7, 11) is 0. The number of carbonyl (C=O) groups is 2. The number of amides is 2. The molecule has 0 radical (unpaired) electrons. The van der Waals surface area contributed by atoms with Crippen LogP contribution in [0, 0.1) is 12.8 Å². The molecule has 5 nitrogen and oxygen atoms in total. The molecule has 2 fully saturated rings. The lowest BCUT2D eigenvalue weighted by molar-refractivity contribution is -0.136. The Morgan fingerprint density at radius 1 is 1.17 bits per heavy atom. The third-order valence-electron chi connectivity index (χ3n) is 5.80. The predicted octanol–water partition coefficient (Wildman–Crippen LogP) is 3.52. The molecule has 6 heteroatoms. The molecule has 2 aliphatic rings. The highest BCUT2D eigenvalue weighted by Crippen LogP contribution is 2.33. The van der Waals surface area contributed by atoms with E-state index in [0.29, 0.717) is 24.8 Å². The Labute approximate surface area is 176 Å². The summed E-state index contributed by atoms with van der Waals surface area (Å²) < 4.78 is 0. The molecule has 0 N–H and O–H groups in total.